The summed E-state index contributed by atoms with van der Waals surface area (Å²) < 4.78 is 0. The highest BCUT2D eigenvalue weighted by atomic mass is 35.5. The van der Waals surface area contributed by atoms with Gasteiger partial charge in [0.05, 0.1) is 21.6 Å². The van der Waals surface area contributed by atoms with Crippen molar-refractivity contribution in [1.29, 1.82) is 0 Å². The second-order valence-corrected chi connectivity index (χ2v) is 7.20. The first kappa shape index (κ1) is 15.1. The third kappa shape index (κ3) is 2.79. The molecule has 2 atom stereocenters. The number of benzene rings is 1. The lowest BCUT2D eigenvalue weighted by Gasteiger charge is -2.33. The van der Waals surface area contributed by atoms with Crippen LogP contribution in [0.15, 0.2) is 18.2 Å². The van der Waals surface area contributed by atoms with Crippen molar-refractivity contribution in [2.75, 3.05) is 6.54 Å². The Kier molecular flexibility index (Phi) is 3.93. The van der Waals surface area contributed by atoms with Crippen LogP contribution in [0, 0.1) is 5.92 Å². The van der Waals surface area contributed by atoms with Gasteiger partial charge < -0.3 is 10.6 Å². The topological polar surface area (TPSA) is 46.3 Å². The summed E-state index contributed by atoms with van der Waals surface area (Å²) in [6.07, 6.45) is 4.07. The minimum Gasteiger partial charge on any atom is -0.334 e. The molecule has 1 amide bonds. The van der Waals surface area contributed by atoms with Gasteiger partial charge in [-0.3, -0.25) is 4.79 Å². The number of carbonyl (C=O) groups is 1. The number of rotatable bonds is 3. The van der Waals surface area contributed by atoms with Crippen LogP contribution in [0.5, 0.6) is 0 Å². The van der Waals surface area contributed by atoms with Crippen molar-refractivity contribution in [1.82, 2.24) is 4.90 Å². The summed E-state index contributed by atoms with van der Waals surface area (Å²) in [5, 5.41) is 1.07. The SMILES string of the molecule is CC(N)(C(=O)N1CCCC1c1ccc(Cl)c(Cl)c1)C1CC1. The Morgan fingerprint density at radius 1 is 1.29 bits per heavy atom. The fourth-order valence-electron chi connectivity index (χ4n) is 3.24. The van der Waals surface area contributed by atoms with E-state index in [9.17, 15) is 4.79 Å². The third-order valence-corrected chi connectivity index (χ3v) is 5.47. The van der Waals surface area contributed by atoms with Crippen LogP contribution in [0.1, 0.15) is 44.2 Å². The predicted octanol–water partition coefficient (Wildman–Crippen LogP) is 3.78. The molecule has 1 saturated carbocycles. The van der Waals surface area contributed by atoms with Crippen LogP contribution in [0.3, 0.4) is 0 Å². The van der Waals surface area contributed by atoms with Crippen LogP contribution in [-0.4, -0.2) is 22.9 Å². The minimum absolute atomic E-state index is 0.0638. The fraction of sp³-hybridized carbons (Fsp3) is 0.562. The van der Waals surface area contributed by atoms with Crippen molar-refractivity contribution in [3.8, 4) is 0 Å². The molecule has 0 aromatic heterocycles. The van der Waals surface area contributed by atoms with Gasteiger partial charge in [0, 0.05) is 6.54 Å². The molecule has 2 fully saturated rings. The molecule has 3 rings (SSSR count). The van der Waals surface area contributed by atoms with E-state index in [1.807, 2.05) is 24.0 Å². The second kappa shape index (κ2) is 5.45. The zero-order chi connectivity index (χ0) is 15.2. The van der Waals surface area contributed by atoms with Gasteiger partial charge in [0.1, 0.15) is 0 Å². The highest BCUT2D eigenvalue weighted by Crippen LogP contribution is 2.42. The first-order valence-electron chi connectivity index (χ1n) is 7.46. The highest BCUT2D eigenvalue weighted by Gasteiger charge is 2.48. The Labute approximate surface area is 135 Å². The maximum Gasteiger partial charge on any atom is 0.243 e. The Hall–Kier alpha value is -0.770. The van der Waals surface area contributed by atoms with Gasteiger partial charge in [-0.05, 0) is 56.2 Å². The molecule has 114 valence electrons. The minimum atomic E-state index is -0.737. The number of likely N-dealkylation sites (tertiary alicyclic amines) is 1. The van der Waals surface area contributed by atoms with E-state index in [-0.39, 0.29) is 11.9 Å². The molecular weight excluding hydrogens is 307 g/mol. The van der Waals surface area contributed by atoms with Gasteiger partial charge in [0.15, 0.2) is 0 Å². The zero-order valence-electron chi connectivity index (χ0n) is 12.1. The Morgan fingerprint density at radius 3 is 2.62 bits per heavy atom. The number of halogens is 2. The summed E-state index contributed by atoms with van der Waals surface area (Å²) in [5.74, 6) is 0.402. The first-order chi connectivity index (χ1) is 9.91. The maximum atomic E-state index is 12.8. The van der Waals surface area contributed by atoms with E-state index in [4.69, 9.17) is 28.9 Å². The van der Waals surface area contributed by atoms with Gasteiger partial charge in [-0.15, -0.1) is 0 Å². The van der Waals surface area contributed by atoms with E-state index in [1.54, 1.807) is 6.07 Å². The molecule has 2 unspecified atom stereocenters. The van der Waals surface area contributed by atoms with Gasteiger partial charge in [-0.2, -0.15) is 0 Å². The lowest BCUT2D eigenvalue weighted by atomic mass is 9.94. The standard InChI is InChI=1S/C16H20Cl2N2O/c1-16(19,11-5-6-11)15(21)20-8-2-3-14(20)10-4-7-12(17)13(18)9-10/h4,7,9,11,14H,2-3,5-6,8,19H2,1H3. The van der Waals surface area contributed by atoms with E-state index < -0.39 is 5.54 Å². The molecule has 0 radical (unpaired) electrons. The summed E-state index contributed by atoms with van der Waals surface area (Å²) >= 11 is 12.1. The average molecular weight is 327 g/mol. The van der Waals surface area contributed by atoms with Crippen LogP contribution >= 0.6 is 23.2 Å². The van der Waals surface area contributed by atoms with Crippen molar-refractivity contribution in [3.63, 3.8) is 0 Å². The van der Waals surface area contributed by atoms with Gasteiger partial charge in [0.2, 0.25) is 5.91 Å². The highest BCUT2D eigenvalue weighted by molar-refractivity contribution is 6.42. The summed E-state index contributed by atoms with van der Waals surface area (Å²) in [6.45, 7) is 2.64. The van der Waals surface area contributed by atoms with E-state index in [0.29, 0.717) is 16.0 Å². The van der Waals surface area contributed by atoms with Gasteiger partial charge in [-0.25, -0.2) is 0 Å². The van der Waals surface area contributed by atoms with Crippen LogP contribution < -0.4 is 5.73 Å². The number of carbonyl (C=O) groups excluding carboxylic acids is 1. The fourth-order valence-corrected chi connectivity index (χ4v) is 3.55. The zero-order valence-corrected chi connectivity index (χ0v) is 13.6. The van der Waals surface area contributed by atoms with Crippen molar-refractivity contribution in [3.05, 3.63) is 33.8 Å². The van der Waals surface area contributed by atoms with Gasteiger partial charge in [-0.1, -0.05) is 29.3 Å². The van der Waals surface area contributed by atoms with E-state index in [0.717, 1.165) is 37.8 Å². The molecule has 21 heavy (non-hydrogen) atoms. The molecule has 0 spiro atoms. The smallest absolute Gasteiger partial charge is 0.243 e. The molecule has 1 heterocycles. The van der Waals surface area contributed by atoms with E-state index in [1.165, 1.54) is 0 Å². The molecule has 5 heteroatoms. The molecule has 3 nitrogen and oxygen atoms in total. The van der Waals surface area contributed by atoms with Gasteiger partial charge in [0.25, 0.3) is 0 Å². The Bertz CT molecular complexity index is 569. The Morgan fingerprint density at radius 2 is 2.00 bits per heavy atom. The molecule has 1 aliphatic heterocycles. The normalized spacial score (nSPS) is 25.0. The van der Waals surface area contributed by atoms with Crippen molar-refractivity contribution in [2.24, 2.45) is 11.7 Å². The molecule has 2 aliphatic rings. The van der Waals surface area contributed by atoms with E-state index >= 15 is 0 Å². The summed E-state index contributed by atoms with van der Waals surface area (Å²) in [4.78, 5) is 14.8. The van der Waals surface area contributed by atoms with Gasteiger partial charge >= 0.3 is 0 Å². The largest absolute Gasteiger partial charge is 0.334 e. The molecule has 1 aromatic carbocycles. The quantitative estimate of drug-likeness (QED) is 0.918. The van der Waals surface area contributed by atoms with Crippen molar-refractivity contribution >= 4 is 29.1 Å². The summed E-state index contributed by atoms with van der Waals surface area (Å²) in [5.41, 5.74) is 6.61. The molecular formula is C16H20Cl2N2O. The number of nitrogens with two attached hydrogens (primary N) is 1. The number of amides is 1. The first-order valence-corrected chi connectivity index (χ1v) is 8.21. The predicted molar refractivity (Wildman–Crippen MR) is 85.5 cm³/mol. The summed E-state index contributed by atoms with van der Waals surface area (Å²) in [6, 6.07) is 5.68. The average Bonchev–Trinajstić information content (AvgIpc) is 3.20. The molecule has 2 N–H and O–H groups in total. The van der Waals surface area contributed by atoms with Crippen LogP contribution in [0.4, 0.5) is 0 Å². The van der Waals surface area contributed by atoms with E-state index in [2.05, 4.69) is 0 Å². The number of nitrogens with zero attached hydrogens (tertiary/aromatic N) is 1. The van der Waals surface area contributed by atoms with Crippen molar-refractivity contribution in [2.45, 2.75) is 44.2 Å². The molecule has 1 aliphatic carbocycles. The Balaban J connectivity index is 1.85. The molecule has 1 aromatic rings. The molecule has 1 saturated heterocycles. The summed E-state index contributed by atoms with van der Waals surface area (Å²) in [7, 11) is 0. The monoisotopic (exact) mass is 326 g/mol. The van der Waals surface area contributed by atoms with Crippen LogP contribution in [0.25, 0.3) is 0 Å². The second-order valence-electron chi connectivity index (χ2n) is 6.39. The lowest BCUT2D eigenvalue weighted by Crippen LogP contribution is -2.54. The van der Waals surface area contributed by atoms with Crippen LogP contribution in [0.2, 0.25) is 10.0 Å². The lowest BCUT2D eigenvalue weighted by molar-refractivity contribution is -0.138. The third-order valence-electron chi connectivity index (χ3n) is 4.73. The number of hydrogen-bond donors (Lipinski definition) is 1. The van der Waals surface area contributed by atoms with Crippen molar-refractivity contribution < 1.29 is 4.79 Å². The number of hydrogen-bond acceptors (Lipinski definition) is 2. The molecule has 0 bridgehead atoms. The van der Waals surface area contributed by atoms with Crippen LogP contribution in [-0.2, 0) is 4.79 Å². The maximum absolute atomic E-state index is 12.8.